The highest BCUT2D eigenvalue weighted by Gasteiger charge is 2.32. The monoisotopic (exact) mass is 383 g/mol. The molecule has 0 aromatic heterocycles. The molecule has 1 unspecified atom stereocenters. The molecular weight excluding hydrogens is 362 g/mol. The molecule has 0 saturated heterocycles. The number of nitrogens with one attached hydrogen (secondary N) is 1. The first-order valence-electron chi connectivity index (χ1n) is 8.94. The van der Waals surface area contributed by atoms with E-state index in [9.17, 15) is 19.7 Å². The molecule has 3 rings (SSSR count). The van der Waals surface area contributed by atoms with E-state index in [0.29, 0.717) is 35.2 Å². The molecule has 1 N–H and O–H groups in total. The summed E-state index contributed by atoms with van der Waals surface area (Å²) in [5.41, 5.74) is 1.40. The standard InChI is InChI=1S/C20H21N3O5/c1-12(2)11-22-17-9-6-15(10-18(17)28-13(3)20(22)25)21-19(24)14-4-7-16(8-5-14)23(26)27/h4-10,12-13H,11H2,1-3H3,(H,21,24). The number of hydrogen-bond acceptors (Lipinski definition) is 5. The van der Waals surface area contributed by atoms with Crippen molar-refractivity contribution in [3.05, 3.63) is 58.1 Å². The van der Waals surface area contributed by atoms with Gasteiger partial charge in [0, 0.05) is 36.0 Å². The molecule has 0 radical (unpaired) electrons. The maximum Gasteiger partial charge on any atom is 0.269 e. The van der Waals surface area contributed by atoms with E-state index in [2.05, 4.69) is 5.32 Å². The van der Waals surface area contributed by atoms with Crippen molar-refractivity contribution in [2.75, 3.05) is 16.8 Å². The molecule has 0 aliphatic carbocycles. The van der Waals surface area contributed by atoms with Gasteiger partial charge in [-0.1, -0.05) is 13.8 Å². The molecule has 0 spiro atoms. The fraction of sp³-hybridized carbons (Fsp3) is 0.300. The molecule has 28 heavy (non-hydrogen) atoms. The molecule has 2 aromatic carbocycles. The van der Waals surface area contributed by atoms with E-state index < -0.39 is 16.9 Å². The Hall–Kier alpha value is -3.42. The smallest absolute Gasteiger partial charge is 0.269 e. The number of anilines is 2. The number of carbonyl (C=O) groups is 2. The van der Waals surface area contributed by atoms with Crippen LogP contribution in [-0.2, 0) is 4.79 Å². The van der Waals surface area contributed by atoms with Crippen molar-refractivity contribution in [3.8, 4) is 5.75 Å². The fourth-order valence-corrected chi connectivity index (χ4v) is 2.98. The van der Waals surface area contributed by atoms with Crippen LogP contribution in [0.3, 0.4) is 0 Å². The van der Waals surface area contributed by atoms with E-state index in [4.69, 9.17) is 4.74 Å². The normalized spacial score (nSPS) is 15.8. The zero-order valence-corrected chi connectivity index (χ0v) is 15.8. The molecule has 1 aliphatic heterocycles. The van der Waals surface area contributed by atoms with Gasteiger partial charge in [0.1, 0.15) is 5.75 Å². The third-order valence-electron chi connectivity index (χ3n) is 4.31. The summed E-state index contributed by atoms with van der Waals surface area (Å²) >= 11 is 0. The van der Waals surface area contributed by atoms with Gasteiger partial charge in [0.05, 0.1) is 10.6 Å². The average Bonchev–Trinajstić information content (AvgIpc) is 2.65. The van der Waals surface area contributed by atoms with Crippen LogP contribution in [0.15, 0.2) is 42.5 Å². The Balaban J connectivity index is 1.81. The minimum absolute atomic E-state index is 0.0809. The lowest BCUT2D eigenvalue weighted by Gasteiger charge is -2.34. The van der Waals surface area contributed by atoms with Crippen LogP contribution in [-0.4, -0.2) is 29.4 Å². The first-order chi connectivity index (χ1) is 13.3. The van der Waals surface area contributed by atoms with Crippen molar-refractivity contribution in [2.45, 2.75) is 26.9 Å². The summed E-state index contributed by atoms with van der Waals surface area (Å²) in [4.78, 5) is 36.7. The van der Waals surface area contributed by atoms with Crippen LogP contribution in [0.2, 0.25) is 0 Å². The zero-order chi connectivity index (χ0) is 20.4. The molecule has 2 amide bonds. The number of carbonyl (C=O) groups excluding carboxylic acids is 2. The van der Waals surface area contributed by atoms with Crippen LogP contribution in [0.4, 0.5) is 17.1 Å². The van der Waals surface area contributed by atoms with Crippen LogP contribution in [0.5, 0.6) is 5.75 Å². The predicted molar refractivity (Wildman–Crippen MR) is 105 cm³/mol. The lowest BCUT2D eigenvalue weighted by molar-refractivity contribution is -0.384. The summed E-state index contributed by atoms with van der Waals surface area (Å²) in [7, 11) is 0. The van der Waals surface area contributed by atoms with Crippen molar-refractivity contribution < 1.29 is 19.2 Å². The molecule has 8 nitrogen and oxygen atoms in total. The molecule has 1 aliphatic rings. The maximum atomic E-state index is 12.4. The number of rotatable bonds is 5. The average molecular weight is 383 g/mol. The van der Waals surface area contributed by atoms with Gasteiger partial charge in [-0.2, -0.15) is 0 Å². The molecule has 146 valence electrons. The highest BCUT2D eigenvalue weighted by Crippen LogP contribution is 2.36. The largest absolute Gasteiger partial charge is 0.479 e. The summed E-state index contributed by atoms with van der Waals surface area (Å²) in [5.74, 6) is 0.329. The Bertz CT molecular complexity index is 924. The lowest BCUT2D eigenvalue weighted by atomic mass is 10.1. The van der Waals surface area contributed by atoms with Gasteiger partial charge in [-0.15, -0.1) is 0 Å². The van der Waals surface area contributed by atoms with E-state index in [1.165, 1.54) is 24.3 Å². The number of nitro groups is 1. The number of ether oxygens (including phenoxy) is 1. The van der Waals surface area contributed by atoms with Crippen molar-refractivity contribution in [3.63, 3.8) is 0 Å². The quantitative estimate of drug-likeness (QED) is 0.628. The SMILES string of the molecule is CC(C)CN1C(=O)C(C)Oc2cc(NC(=O)c3ccc([N+](=O)[O-])cc3)ccc21. The maximum absolute atomic E-state index is 12.4. The van der Waals surface area contributed by atoms with Crippen LogP contribution in [0.1, 0.15) is 31.1 Å². The first-order valence-corrected chi connectivity index (χ1v) is 8.94. The number of fused-ring (bicyclic) bond motifs is 1. The summed E-state index contributed by atoms with van der Waals surface area (Å²) in [5, 5.41) is 13.5. The fourth-order valence-electron chi connectivity index (χ4n) is 2.98. The summed E-state index contributed by atoms with van der Waals surface area (Å²) < 4.78 is 5.71. The molecule has 0 saturated carbocycles. The van der Waals surface area contributed by atoms with E-state index in [-0.39, 0.29) is 11.6 Å². The van der Waals surface area contributed by atoms with Gasteiger partial charge in [-0.25, -0.2) is 0 Å². The first kappa shape index (κ1) is 19.3. The third-order valence-corrected chi connectivity index (χ3v) is 4.31. The summed E-state index contributed by atoms with van der Waals surface area (Å²) in [6, 6.07) is 10.5. The van der Waals surface area contributed by atoms with E-state index in [1.807, 2.05) is 13.8 Å². The molecule has 1 atom stereocenters. The minimum atomic E-state index is -0.605. The Morgan fingerprint density at radius 3 is 2.54 bits per heavy atom. The topological polar surface area (TPSA) is 102 Å². The van der Waals surface area contributed by atoms with Crippen molar-refractivity contribution in [1.82, 2.24) is 0 Å². The predicted octanol–water partition coefficient (Wildman–Crippen LogP) is 3.62. The van der Waals surface area contributed by atoms with Gasteiger partial charge in [0.15, 0.2) is 6.10 Å². The molecule has 1 heterocycles. The minimum Gasteiger partial charge on any atom is -0.479 e. The number of nitro benzene ring substituents is 1. The molecule has 0 fully saturated rings. The second-order valence-electron chi connectivity index (χ2n) is 7.04. The molecule has 8 heteroatoms. The van der Waals surface area contributed by atoms with Crippen LogP contribution >= 0.6 is 0 Å². The highest BCUT2D eigenvalue weighted by molar-refractivity contribution is 6.05. The molecule has 2 aromatic rings. The number of benzene rings is 2. The second-order valence-corrected chi connectivity index (χ2v) is 7.04. The summed E-state index contributed by atoms with van der Waals surface area (Å²) in [6.07, 6.45) is -0.605. The molecule has 0 bridgehead atoms. The van der Waals surface area contributed by atoms with E-state index in [0.717, 1.165) is 0 Å². The third kappa shape index (κ3) is 3.95. The number of hydrogen-bond donors (Lipinski definition) is 1. The van der Waals surface area contributed by atoms with Gasteiger partial charge >= 0.3 is 0 Å². The van der Waals surface area contributed by atoms with Gasteiger partial charge in [0.2, 0.25) is 0 Å². The number of amides is 2. The summed E-state index contributed by atoms with van der Waals surface area (Å²) in [6.45, 7) is 6.34. The Labute approximate surface area is 162 Å². The second kappa shape index (κ2) is 7.67. The Morgan fingerprint density at radius 1 is 1.25 bits per heavy atom. The Kier molecular flexibility index (Phi) is 5.30. The van der Waals surface area contributed by atoms with Gasteiger partial charge in [-0.05, 0) is 37.1 Å². The van der Waals surface area contributed by atoms with Crippen LogP contribution in [0.25, 0.3) is 0 Å². The number of non-ortho nitro benzene ring substituents is 1. The van der Waals surface area contributed by atoms with E-state index in [1.54, 1.807) is 30.0 Å². The molecular formula is C20H21N3O5. The zero-order valence-electron chi connectivity index (χ0n) is 15.8. The highest BCUT2D eigenvalue weighted by atomic mass is 16.6. The Morgan fingerprint density at radius 2 is 1.93 bits per heavy atom. The number of nitrogens with zero attached hydrogens (tertiary/aromatic N) is 2. The van der Waals surface area contributed by atoms with E-state index >= 15 is 0 Å². The lowest BCUT2D eigenvalue weighted by Crippen LogP contribution is -2.46. The van der Waals surface area contributed by atoms with Crippen molar-refractivity contribution in [2.24, 2.45) is 5.92 Å². The van der Waals surface area contributed by atoms with Crippen molar-refractivity contribution >= 4 is 28.9 Å². The van der Waals surface area contributed by atoms with Crippen LogP contribution < -0.4 is 15.0 Å². The van der Waals surface area contributed by atoms with Crippen molar-refractivity contribution in [1.29, 1.82) is 0 Å². The van der Waals surface area contributed by atoms with Gasteiger partial charge < -0.3 is 15.0 Å². The van der Waals surface area contributed by atoms with Gasteiger partial charge in [-0.3, -0.25) is 19.7 Å². The van der Waals surface area contributed by atoms with Gasteiger partial charge in [0.25, 0.3) is 17.5 Å². The van der Waals surface area contributed by atoms with Crippen LogP contribution in [0, 0.1) is 16.0 Å².